The maximum Gasteiger partial charge on any atom is 0.228 e. The fourth-order valence-electron chi connectivity index (χ4n) is 2.96. The van der Waals surface area contributed by atoms with E-state index in [1.54, 1.807) is 0 Å². The standard InChI is InChI=1S/C20H19ClN4OS/c1-4-14-17(21)16-18(23-14)24-20(25-19(16)26-5-2)27-13-8-9-15-12(10-13)7-6-11(3)22-15/h6-10H,4-5H2,1-3H3,(H,23,24,25). The number of aromatic nitrogens is 4. The maximum absolute atomic E-state index is 6.48. The summed E-state index contributed by atoms with van der Waals surface area (Å²) in [6.07, 6.45) is 0.792. The molecular formula is C20H19ClN4OS. The Balaban J connectivity index is 1.76. The van der Waals surface area contributed by atoms with Gasteiger partial charge in [0.05, 0.1) is 22.5 Å². The second-order valence-electron chi connectivity index (χ2n) is 6.15. The van der Waals surface area contributed by atoms with E-state index in [1.807, 2.05) is 39.0 Å². The number of nitrogens with zero attached hydrogens (tertiary/aromatic N) is 3. The van der Waals surface area contributed by atoms with Gasteiger partial charge in [0, 0.05) is 21.7 Å². The van der Waals surface area contributed by atoms with Crippen LogP contribution >= 0.6 is 23.4 Å². The van der Waals surface area contributed by atoms with Gasteiger partial charge in [0.1, 0.15) is 5.65 Å². The fraction of sp³-hybridized carbons (Fsp3) is 0.250. The Morgan fingerprint density at radius 2 is 1.96 bits per heavy atom. The van der Waals surface area contributed by atoms with E-state index in [2.05, 4.69) is 32.1 Å². The molecule has 0 amide bonds. The summed E-state index contributed by atoms with van der Waals surface area (Å²) in [5, 5.41) is 3.09. The van der Waals surface area contributed by atoms with Gasteiger partial charge in [-0.15, -0.1) is 0 Å². The summed E-state index contributed by atoms with van der Waals surface area (Å²) >= 11 is 7.97. The van der Waals surface area contributed by atoms with Crippen molar-refractivity contribution in [1.82, 2.24) is 19.9 Å². The van der Waals surface area contributed by atoms with Crippen LogP contribution < -0.4 is 4.74 Å². The summed E-state index contributed by atoms with van der Waals surface area (Å²) in [7, 11) is 0. The molecule has 5 nitrogen and oxygen atoms in total. The number of aryl methyl sites for hydroxylation is 2. The van der Waals surface area contributed by atoms with E-state index >= 15 is 0 Å². The van der Waals surface area contributed by atoms with Gasteiger partial charge in [0.15, 0.2) is 5.16 Å². The highest BCUT2D eigenvalue weighted by atomic mass is 35.5. The van der Waals surface area contributed by atoms with E-state index in [-0.39, 0.29) is 0 Å². The van der Waals surface area contributed by atoms with Crippen LogP contribution in [-0.2, 0) is 6.42 Å². The highest BCUT2D eigenvalue weighted by molar-refractivity contribution is 7.99. The molecule has 27 heavy (non-hydrogen) atoms. The third-order valence-corrected chi connectivity index (χ3v) is 5.52. The topological polar surface area (TPSA) is 63.7 Å². The first-order valence-electron chi connectivity index (χ1n) is 8.85. The Morgan fingerprint density at radius 3 is 2.74 bits per heavy atom. The van der Waals surface area contributed by atoms with Crippen LogP contribution in [0.1, 0.15) is 25.2 Å². The van der Waals surface area contributed by atoms with Gasteiger partial charge < -0.3 is 9.72 Å². The van der Waals surface area contributed by atoms with Crippen LogP contribution in [0.4, 0.5) is 0 Å². The molecule has 7 heteroatoms. The predicted octanol–water partition coefficient (Wildman–Crippen LogP) is 5.58. The van der Waals surface area contributed by atoms with Crippen molar-refractivity contribution in [3.63, 3.8) is 0 Å². The van der Waals surface area contributed by atoms with Crippen molar-refractivity contribution in [2.75, 3.05) is 6.61 Å². The second kappa shape index (κ2) is 7.37. The van der Waals surface area contributed by atoms with Crippen molar-refractivity contribution < 1.29 is 4.74 Å². The van der Waals surface area contributed by atoms with Gasteiger partial charge in [0.25, 0.3) is 0 Å². The van der Waals surface area contributed by atoms with E-state index in [0.29, 0.717) is 28.3 Å². The zero-order valence-corrected chi connectivity index (χ0v) is 16.9. The van der Waals surface area contributed by atoms with Crippen LogP contribution in [0.25, 0.3) is 21.9 Å². The van der Waals surface area contributed by atoms with E-state index in [0.717, 1.165) is 39.0 Å². The van der Waals surface area contributed by atoms with E-state index in [4.69, 9.17) is 16.3 Å². The highest BCUT2D eigenvalue weighted by Gasteiger charge is 2.18. The molecule has 0 bridgehead atoms. The van der Waals surface area contributed by atoms with Crippen molar-refractivity contribution in [3.05, 3.63) is 46.7 Å². The molecule has 4 rings (SSSR count). The quantitative estimate of drug-likeness (QED) is 0.444. The lowest BCUT2D eigenvalue weighted by atomic mass is 10.2. The lowest BCUT2D eigenvalue weighted by Gasteiger charge is -2.07. The third kappa shape index (κ3) is 3.47. The van der Waals surface area contributed by atoms with Gasteiger partial charge in [-0.3, -0.25) is 4.98 Å². The van der Waals surface area contributed by atoms with Crippen molar-refractivity contribution in [3.8, 4) is 5.88 Å². The molecule has 0 aliphatic carbocycles. The van der Waals surface area contributed by atoms with Gasteiger partial charge in [-0.05, 0) is 56.3 Å². The minimum Gasteiger partial charge on any atom is -0.477 e. The average Bonchev–Trinajstić information content (AvgIpc) is 2.98. The van der Waals surface area contributed by atoms with E-state index in [9.17, 15) is 0 Å². The number of H-pyrrole nitrogens is 1. The zero-order chi connectivity index (χ0) is 19.0. The van der Waals surface area contributed by atoms with Crippen LogP contribution in [-0.4, -0.2) is 26.5 Å². The summed E-state index contributed by atoms with van der Waals surface area (Å²) in [5.41, 5.74) is 3.63. The fourth-order valence-corrected chi connectivity index (χ4v) is 4.11. The predicted molar refractivity (Wildman–Crippen MR) is 110 cm³/mol. The summed E-state index contributed by atoms with van der Waals surface area (Å²) in [4.78, 5) is 18.1. The second-order valence-corrected chi connectivity index (χ2v) is 7.57. The number of aromatic amines is 1. The van der Waals surface area contributed by atoms with Crippen molar-refractivity contribution in [2.45, 2.75) is 37.2 Å². The number of pyridine rings is 1. The van der Waals surface area contributed by atoms with E-state index in [1.165, 1.54) is 11.8 Å². The lowest BCUT2D eigenvalue weighted by molar-refractivity contribution is 0.328. The van der Waals surface area contributed by atoms with Crippen LogP contribution in [0.15, 0.2) is 40.4 Å². The van der Waals surface area contributed by atoms with Crippen LogP contribution in [0.5, 0.6) is 5.88 Å². The Morgan fingerprint density at radius 1 is 1.11 bits per heavy atom. The molecule has 138 valence electrons. The SMILES string of the molecule is CCOc1nc(Sc2ccc3nc(C)ccc3c2)nc2[nH]c(CC)c(Cl)c12. The summed E-state index contributed by atoms with van der Waals surface area (Å²) in [6, 6.07) is 10.2. The summed E-state index contributed by atoms with van der Waals surface area (Å²) < 4.78 is 5.74. The van der Waals surface area contributed by atoms with Gasteiger partial charge in [-0.25, -0.2) is 4.98 Å². The van der Waals surface area contributed by atoms with Gasteiger partial charge in [-0.1, -0.05) is 24.6 Å². The van der Waals surface area contributed by atoms with Crippen molar-refractivity contribution in [1.29, 1.82) is 0 Å². The Bertz CT molecular complexity index is 1140. The minimum atomic E-state index is 0.514. The molecule has 0 saturated carbocycles. The van der Waals surface area contributed by atoms with Gasteiger partial charge >= 0.3 is 0 Å². The third-order valence-electron chi connectivity index (χ3n) is 4.25. The Hall–Kier alpha value is -2.31. The molecule has 3 heterocycles. The molecule has 0 unspecified atom stereocenters. The first kappa shape index (κ1) is 18.1. The van der Waals surface area contributed by atoms with Gasteiger partial charge in [0.2, 0.25) is 5.88 Å². The van der Waals surface area contributed by atoms with Crippen molar-refractivity contribution in [2.24, 2.45) is 0 Å². The Labute approximate surface area is 166 Å². The molecule has 0 atom stereocenters. The summed E-state index contributed by atoms with van der Waals surface area (Å²) in [6.45, 7) is 6.48. The Kier molecular flexibility index (Phi) is 4.93. The molecule has 0 fully saturated rings. The number of hydrogen-bond acceptors (Lipinski definition) is 5. The number of nitrogens with one attached hydrogen (secondary N) is 1. The molecule has 1 aromatic carbocycles. The van der Waals surface area contributed by atoms with Gasteiger partial charge in [-0.2, -0.15) is 4.98 Å². The summed E-state index contributed by atoms with van der Waals surface area (Å²) in [5.74, 6) is 0.518. The lowest BCUT2D eigenvalue weighted by Crippen LogP contribution is -1.98. The molecule has 0 spiro atoms. The number of fused-ring (bicyclic) bond motifs is 2. The molecule has 1 N–H and O–H groups in total. The smallest absolute Gasteiger partial charge is 0.228 e. The highest BCUT2D eigenvalue weighted by Crippen LogP contribution is 2.36. The van der Waals surface area contributed by atoms with Crippen LogP contribution in [0.3, 0.4) is 0 Å². The van der Waals surface area contributed by atoms with Crippen LogP contribution in [0, 0.1) is 6.92 Å². The molecule has 3 aromatic heterocycles. The monoisotopic (exact) mass is 398 g/mol. The minimum absolute atomic E-state index is 0.514. The number of benzene rings is 1. The first-order chi connectivity index (χ1) is 13.1. The van der Waals surface area contributed by atoms with Crippen LogP contribution in [0.2, 0.25) is 5.02 Å². The molecule has 0 radical (unpaired) electrons. The molecular weight excluding hydrogens is 380 g/mol. The number of halogens is 1. The number of rotatable bonds is 5. The van der Waals surface area contributed by atoms with Crippen molar-refractivity contribution >= 4 is 45.3 Å². The zero-order valence-electron chi connectivity index (χ0n) is 15.3. The molecule has 4 aromatic rings. The molecule has 0 aliphatic heterocycles. The number of ether oxygens (including phenoxy) is 1. The molecule has 0 aliphatic rings. The first-order valence-corrected chi connectivity index (χ1v) is 10.0. The largest absolute Gasteiger partial charge is 0.477 e. The number of hydrogen-bond donors (Lipinski definition) is 1. The maximum atomic E-state index is 6.48. The normalized spacial score (nSPS) is 11.4. The average molecular weight is 399 g/mol. The molecule has 0 saturated heterocycles. The van der Waals surface area contributed by atoms with E-state index < -0.39 is 0 Å².